The van der Waals surface area contributed by atoms with Crippen LogP contribution in [0.25, 0.3) is 10.2 Å². The number of nitrogens with zero attached hydrogens (tertiary/aromatic N) is 3. The number of methoxy groups -OCH3 is 1. The SMILES string of the molecule is COCCCn1cnc2sc3c(c2c1=O)CCN(C(=O)NC1CCCCC1)C3. The van der Waals surface area contributed by atoms with E-state index in [1.54, 1.807) is 29.3 Å². The highest BCUT2D eigenvalue weighted by Crippen LogP contribution is 2.32. The fourth-order valence-electron chi connectivity index (χ4n) is 4.24. The first kappa shape index (κ1) is 19.4. The minimum atomic E-state index is 0.0266. The van der Waals surface area contributed by atoms with Crippen molar-refractivity contribution in [3.63, 3.8) is 0 Å². The maximum atomic E-state index is 12.9. The van der Waals surface area contributed by atoms with Gasteiger partial charge < -0.3 is 15.0 Å². The smallest absolute Gasteiger partial charge is 0.317 e. The van der Waals surface area contributed by atoms with E-state index in [-0.39, 0.29) is 11.6 Å². The van der Waals surface area contributed by atoms with Gasteiger partial charge in [0, 0.05) is 37.7 Å². The van der Waals surface area contributed by atoms with Gasteiger partial charge in [-0.1, -0.05) is 19.3 Å². The summed E-state index contributed by atoms with van der Waals surface area (Å²) < 4.78 is 6.76. The van der Waals surface area contributed by atoms with Crippen LogP contribution in [0.2, 0.25) is 0 Å². The molecule has 1 saturated carbocycles. The first-order valence-electron chi connectivity index (χ1n) is 10.2. The average Bonchev–Trinajstić information content (AvgIpc) is 3.09. The Morgan fingerprint density at radius 3 is 2.96 bits per heavy atom. The summed E-state index contributed by atoms with van der Waals surface area (Å²) in [6.45, 7) is 2.45. The number of hydrogen-bond donors (Lipinski definition) is 1. The van der Waals surface area contributed by atoms with Crippen LogP contribution >= 0.6 is 11.3 Å². The molecule has 7 nitrogen and oxygen atoms in total. The first-order chi connectivity index (χ1) is 13.7. The van der Waals surface area contributed by atoms with Crippen molar-refractivity contribution in [1.29, 1.82) is 0 Å². The third-order valence-electron chi connectivity index (χ3n) is 5.79. The maximum Gasteiger partial charge on any atom is 0.317 e. The van der Waals surface area contributed by atoms with Crippen molar-refractivity contribution < 1.29 is 9.53 Å². The van der Waals surface area contributed by atoms with Gasteiger partial charge in [0.15, 0.2) is 0 Å². The molecule has 1 fully saturated rings. The lowest BCUT2D eigenvalue weighted by Gasteiger charge is -2.30. The fourth-order valence-corrected chi connectivity index (χ4v) is 5.44. The number of aromatic nitrogens is 2. The third-order valence-corrected chi connectivity index (χ3v) is 6.92. The second-order valence-electron chi connectivity index (χ2n) is 7.73. The van der Waals surface area contributed by atoms with Crippen molar-refractivity contribution >= 4 is 27.6 Å². The number of amides is 2. The highest BCUT2D eigenvalue weighted by molar-refractivity contribution is 7.18. The minimum Gasteiger partial charge on any atom is -0.385 e. The van der Waals surface area contributed by atoms with Gasteiger partial charge in [0.1, 0.15) is 4.83 Å². The number of hydrogen-bond acceptors (Lipinski definition) is 5. The molecule has 2 aromatic rings. The number of fused-ring (bicyclic) bond motifs is 3. The molecule has 0 atom stereocenters. The molecule has 2 amide bonds. The number of carbonyl (C=O) groups is 1. The average molecular weight is 405 g/mol. The molecule has 1 N–H and O–H groups in total. The quantitative estimate of drug-likeness (QED) is 0.778. The number of aryl methyl sites for hydroxylation is 1. The summed E-state index contributed by atoms with van der Waals surface area (Å²) in [4.78, 5) is 33.9. The van der Waals surface area contributed by atoms with E-state index in [4.69, 9.17) is 4.74 Å². The van der Waals surface area contributed by atoms with Crippen molar-refractivity contribution in [2.75, 3.05) is 20.3 Å². The lowest BCUT2D eigenvalue weighted by atomic mass is 9.96. The Labute approximate surface area is 168 Å². The standard InChI is InChI=1S/C20H28N4O3S/c1-27-11-5-9-24-13-21-18-17(19(24)25)15-8-10-23(12-16(15)28-18)20(26)22-14-6-3-2-4-7-14/h13-14H,2-12H2,1H3,(H,22,26). The van der Waals surface area contributed by atoms with E-state index in [9.17, 15) is 9.59 Å². The summed E-state index contributed by atoms with van der Waals surface area (Å²) in [5.41, 5.74) is 1.11. The van der Waals surface area contributed by atoms with Crippen LogP contribution < -0.4 is 10.9 Å². The molecule has 4 rings (SSSR count). The molecule has 152 valence electrons. The van der Waals surface area contributed by atoms with Crippen LogP contribution in [-0.2, 0) is 24.2 Å². The number of thiophene rings is 1. The second kappa shape index (κ2) is 8.61. The number of rotatable bonds is 5. The Kier molecular flexibility index (Phi) is 5.96. The Bertz CT molecular complexity index is 901. The van der Waals surface area contributed by atoms with Crippen LogP contribution in [0, 0.1) is 0 Å². The third kappa shape index (κ3) is 3.93. The summed E-state index contributed by atoms with van der Waals surface area (Å²) in [5, 5.41) is 3.94. The van der Waals surface area contributed by atoms with E-state index in [0.717, 1.165) is 39.9 Å². The number of urea groups is 1. The molecule has 3 heterocycles. The minimum absolute atomic E-state index is 0.0266. The lowest BCUT2D eigenvalue weighted by Crippen LogP contribution is -2.47. The zero-order valence-corrected chi connectivity index (χ0v) is 17.2. The van der Waals surface area contributed by atoms with Gasteiger partial charge in [-0.2, -0.15) is 0 Å². The Morgan fingerprint density at radius 2 is 2.18 bits per heavy atom. The number of carbonyl (C=O) groups excluding carboxylic acids is 1. The van der Waals surface area contributed by atoms with Crippen LogP contribution in [0.1, 0.15) is 49.0 Å². The molecule has 8 heteroatoms. The Morgan fingerprint density at radius 1 is 1.36 bits per heavy atom. The van der Waals surface area contributed by atoms with Gasteiger partial charge in [-0.15, -0.1) is 11.3 Å². The van der Waals surface area contributed by atoms with E-state index in [0.29, 0.717) is 38.7 Å². The highest BCUT2D eigenvalue weighted by atomic mass is 32.1. The lowest BCUT2D eigenvalue weighted by molar-refractivity contribution is 0.185. The van der Waals surface area contributed by atoms with Crippen LogP contribution in [-0.4, -0.2) is 46.8 Å². The van der Waals surface area contributed by atoms with Gasteiger partial charge in [-0.25, -0.2) is 9.78 Å². The molecular weight excluding hydrogens is 376 g/mol. The molecule has 0 spiro atoms. The van der Waals surface area contributed by atoms with Crippen LogP contribution in [0.4, 0.5) is 4.79 Å². The second-order valence-corrected chi connectivity index (χ2v) is 8.81. The van der Waals surface area contributed by atoms with Gasteiger partial charge in [0.05, 0.1) is 18.3 Å². The van der Waals surface area contributed by atoms with E-state index < -0.39 is 0 Å². The molecule has 2 aromatic heterocycles. The van der Waals surface area contributed by atoms with Crippen molar-refractivity contribution in [3.8, 4) is 0 Å². The topological polar surface area (TPSA) is 76.5 Å². The molecule has 0 unspecified atom stereocenters. The molecule has 0 bridgehead atoms. The van der Waals surface area contributed by atoms with E-state index in [1.165, 1.54) is 19.3 Å². The summed E-state index contributed by atoms with van der Waals surface area (Å²) in [6.07, 6.45) is 8.98. The molecule has 1 aliphatic heterocycles. The maximum absolute atomic E-state index is 12.9. The van der Waals surface area contributed by atoms with E-state index >= 15 is 0 Å². The molecule has 0 saturated heterocycles. The van der Waals surface area contributed by atoms with Crippen molar-refractivity contribution in [2.24, 2.45) is 0 Å². The molecule has 2 aliphatic rings. The van der Waals surface area contributed by atoms with Crippen molar-refractivity contribution in [2.45, 2.75) is 64.1 Å². The zero-order chi connectivity index (χ0) is 19.5. The Hall–Kier alpha value is -1.93. The summed E-state index contributed by atoms with van der Waals surface area (Å²) in [6, 6.07) is 0.339. The van der Waals surface area contributed by atoms with Crippen LogP contribution in [0.15, 0.2) is 11.1 Å². The fraction of sp³-hybridized carbons (Fsp3) is 0.650. The van der Waals surface area contributed by atoms with Crippen LogP contribution in [0.5, 0.6) is 0 Å². The van der Waals surface area contributed by atoms with Gasteiger partial charge in [-0.3, -0.25) is 9.36 Å². The largest absolute Gasteiger partial charge is 0.385 e. The van der Waals surface area contributed by atoms with E-state index in [1.807, 2.05) is 4.90 Å². The zero-order valence-electron chi connectivity index (χ0n) is 16.4. The predicted molar refractivity (Wildman–Crippen MR) is 110 cm³/mol. The first-order valence-corrected chi connectivity index (χ1v) is 11.0. The van der Waals surface area contributed by atoms with Gasteiger partial charge in [0.25, 0.3) is 5.56 Å². The highest BCUT2D eigenvalue weighted by Gasteiger charge is 2.27. The normalized spacial score (nSPS) is 17.7. The number of nitrogens with one attached hydrogen (secondary N) is 1. The van der Waals surface area contributed by atoms with Crippen molar-refractivity contribution in [3.05, 3.63) is 27.1 Å². The van der Waals surface area contributed by atoms with E-state index in [2.05, 4.69) is 10.3 Å². The molecule has 0 radical (unpaired) electrons. The number of ether oxygens (including phenoxy) is 1. The monoisotopic (exact) mass is 404 g/mol. The van der Waals surface area contributed by atoms with Gasteiger partial charge in [-0.05, 0) is 31.2 Å². The molecular formula is C20H28N4O3S. The van der Waals surface area contributed by atoms with Gasteiger partial charge in [0.2, 0.25) is 0 Å². The molecule has 1 aliphatic carbocycles. The summed E-state index contributed by atoms with van der Waals surface area (Å²) in [7, 11) is 1.66. The predicted octanol–water partition coefficient (Wildman–Crippen LogP) is 2.89. The molecule has 28 heavy (non-hydrogen) atoms. The summed E-state index contributed by atoms with van der Waals surface area (Å²) >= 11 is 1.55. The summed E-state index contributed by atoms with van der Waals surface area (Å²) in [5.74, 6) is 0. The Balaban J connectivity index is 1.50. The van der Waals surface area contributed by atoms with Crippen molar-refractivity contribution in [1.82, 2.24) is 19.8 Å². The van der Waals surface area contributed by atoms with Gasteiger partial charge >= 0.3 is 6.03 Å². The molecule has 0 aromatic carbocycles. The van der Waals surface area contributed by atoms with Crippen LogP contribution in [0.3, 0.4) is 0 Å².